The van der Waals surface area contributed by atoms with Gasteiger partial charge in [0.25, 0.3) is 0 Å². The predicted molar refractivity (Wildman–Crippen MR) is 40.6 cm³/mol. The molecule has 0 aromatic rings. The Balaban J connectivity index is 1.98. The van der Waals surface area contributed by atoms with E-state index in [-0.39, 0.29) is 0 Å². The zero-order valence-electron chi connectivity index (χ0n) is 6.40. The molecule has 1 saturated heterocycles. The van der Waals surface area contributed by atoms with Gasteiger partial charge in [0.05, 0.1) is 5.54 Å². The summed E-state index contributed by atoms with van der Waals surface area (Å²) in [6.07, 6.45) is 8.17. The summed E-state index contributed by atoms with van der Waals surface area (Å²) >= 11 is 0. The van der Waals surface area contributed by atoms with Gasteiger partial charge >= 0.3 is 0 Å². The van der Waals surface area contributed by atoms with Crippen molar-refractivity contribution in [3.8, 4) is 0 Å². The number of rotatable bonds is 0. The molecule has 1 aliphatic heterocycles. The third-order valence-electron chi connectivity index (χ3n) is 2.80. The van der Waals surface area contributed by atoms with Crippen LogP contribution in [-0.4, -0.2) is 12.1 Å². The molecule has 0 amide bonds. The monoisotopic (exact) mass is 139 g/mol. The van der Waals surface area contributed by atoms with Gasteiger partial charge in [-0.05, 0) is 19.3 Å². The third-order valence-corrected chi connectivity index (χ3v) is 2.80. The summed E-state index contributed by atoms with van der Waals surface area (Å²) in [5.41, 5.74) is 7.97. The maximum absolute atomic E-state index is 4.48. The van der Waals surface area contributed by atoms with E-state index in [0.717, 1.165) is 6.54 Å². The molecule has 2 nitrogen and oxygen atoms in total. The molecule has 2 fully saturated rings. The van der Waals surface area contributed by atoms with Crippen molar-refractivity contribution < 1.29 is 0 Å². The molecule has 0 aromatic carbocycles. The fourth-order valence-corrected chi connectivity index (χ4v) is 2.14. The van der Waals surface area contributed by atoms with E-state index in [4.69, 9.17) is 0 Å². The molecule has 0 aromatic heterocycles. The molecule has 0 unspecified atom stereocenters. The summed E-state index contributed by atoms with van der Waals surface area (Å²) in [5, 5.41) is 0. The minimum absolute atomic E-state index is 0.387. The average molecular weight is 139 g/mol. The lowest BCUT2D eigenvalue weighted by atomic mass is 9.81. The van der Waals surface area contributed by atoms with Crippen molar-refractivity contribution in [2.45, 2.75) is 44.1 Å². The van der Waals surface area contributed by atoms with Crippen molar-refractivity contribution in [2.24, 2.45) is 0 Å². The highest BCUT2D eigenvalue weighted by Crippen LogP contribution is 2.32. The van der Waals surface area contributed by atoms with E-state index >= 15 is 0 Å². The van der Waals surface area contributed by atoms with Crippen LogP contribution < -0.4 is 10.9 Å². The van der Waals surface area contributed by atoms with E-state index in [9.17, 15) is 0 Å². The van der Waals surface area contributed by atoms with Gasteiger partial charge in [0.1, 0.15) is 0 Å². The van der Waals surface area contributed by atoms with Crippen molar-refractivity contribution in [2.75, 3.05) is 6.54 Å². The van der Waals surface area contributed by atoms with Gasteiger partial charge in [-0.15, -0.1) is 0 Å². The minimum Gasteiger partial charge on any atom is -0.240 e. The SMILES string of the molecule is C1CCC2(CC1)CCN[N]2. The van der Waals surface area contributed by atoms with Crippen molar-refractivity contribution in [3.63, 3.8) is 0 Å². The van der Waals surface area contributed by atoms with Crippen molar-refractivity contribution >= 4 is 0 Å². The van der Waals surface area contributed by atoms with E-state index in [1.165, 1.54) is 38.5 Å². The van der Waals surface area contributed by atoms with Gasteiger partial charge < -0.3 is 0 Å². The van der Waals surface area contributed by atoms with Gasteiger partial charge in [-0.25, -0.2) is 5.43 Å². The molecule has 1 heterocycles. The Kier molecular flexibility index (Phi) is 1.66. The molecule has 0 bridgehead atoms. The Morgan fingerprint density at radius 3 is 2.40 bits per heavy atom. The standard InChI is InChI=1S/C8H15N2/c1-2-4-8(5-3-1)6-7-9-10-8/h9H,1-7H2. The number of nitrogens with zero attached hydrogens (tertiary/aromatic N) is 1. The topological polar surface area (TPSA) is 26.1 Å². The molecule has 10 heavy (non-hydrogen) atoms. The summed E-state index contributed by atoms with van der Waals surface area (Å²) in [6, 6.07) is 0. The summed E-state index contributed by atoms with van der Waals surface area (Å²) in [6.45, 7) is 1.11. The van der Waals surface area contributed by atoms with Gasteiger partial charge in [-0.3, -0.25) is 0 Å². The lowest BCUT2D eigenvalue weighted by Gasteiger charge is -2.30. The fourth-order valence-electron chi connectivity index (χ4n) is 2.14. The molecule has 2 aliphatic rings. The van der Waals surface area contributed by atoms with Crippen LogP contribution in [-0.2, 0) is 0 Å². The van der Waals surface area contributed by atoms with Gasteiger partial charge in [0, 0.05) is 6.54 Å². The highest BCUT2D eigenvalue weighted by molar-refractivity contribution is 4.92. The van der Waals surface area contributed by atoms with Crippen molar-refractivity contribution in [3.05, 3.63) is 0 Å². The molecule has 0 atom stereocenters. The van der Waals surface area contributed by atoms with Gasteiger partial charge in [0.2, 0.25) is 0 Å². The first-order chi connectivity index (χ1) is 4.91. The maximum atomic E-state index is 4.48. The van der Waals surface area contributed by atoms with Crippen LogP contribution in [0.2, 0.25) is 0 Å². The molecule has 1 radical (unpaired) electrons. The molecule has 1 saturated carbocycles. The first-order valence-corrected chi connectivity index (χ1v) is 4.36. The van der Waals surface area contributed by atoms with E-state index in [1.54, 1.807) is 0 Å². The van der Waals surface area contributed by atoms with Crippen LogP contribution in [0.1, 0.15) is 38.5 Å². The molecule has 1 N–H and O–H groups in total. The largest absolute Gasteiger partial charge is 0.240 e. The first-order valence-electron chi connectivity index (χ1n) is 4.36. The molecule has 1 spiro atoms. The molecular weight excluding hydrogens is 124 g/mol. The zero-order valence-corrected chi connectivity index (χ0v) is 6.40. The summed E-state index contributed by atoms with van der Waals surface area (Å²) in [7, 11) is 0. The van der Waals surface area contributed by atoms with E-state index in [2.05, 4.69) is 10.9 Å². The van der Waals surface area contributed by atoms with Gasteiger partial charge in [-0.1, -0.05) is 19.3 Å². The highest BCUT2D eigenvalue weighted by Gasteiger charge is 2.35. The van der Waals surface area contributed by atoms with Gasteiger partial charge in [-0.2, -0.15) is 5.43 Å². The number of nitrogens with one attached hydrogen (secondary N) is 1. The second-order valence-corrected chi connectivity index (χ2v) is 3.55. The molecule has 57 valence electrons. The Hall–Kier alpha value is -0.0800. The zero-order chi connectivity index (χ0) is 6.86. The molecular formula is C8H15N2. The maximum Gasteiger partial charge on any atom is 0.0538 e. The van der Waals surface area contributed by atoms with Crippen LogP contribution in [0.4, 0.5) is 0 Å². The Bertz CT molecular complexity index is 108. The van der Waals surface area contributed by atoms with Crippen LogP contribution >= 0.6 is 0 Å². The van der Waals surface area contributed by atoms with Gasteiger partial charge in [0.15, 0.2) is 0 Å². The smallest absolute Gasteiger partial charge is 0.0538 e. The number of hydrogen-bond acceptors (Lipinski definition) is 1. The quantitative estimate of drug-likeness (QED) is 0.536. The first kappa shape index (κ1) is 6.62. The Morgan fingerprint density at radius 1 is 1.00 bits per heavy atom. The Morgan fingerprint density at radius 2 is 1.80 bits per heavy atom. The number of hydrogen-bond donors (Lipinski definition) is 1. The van der Waals surface area contributed by atoms with Crippen LogP contribution in [0.3, 0.4) is 0 Å². The summed E-state index contributed by atoms with van der Waals surface area (Å²) < 4.78 is 0. The van der Waals surface area contributed by atoms with Crippen LogP contribution in [0.5, 0.6) is 0 Å². The van der Waals surface area contributed by atoms with Crippen LogP contribution in [0, 0.1) is 0 Å². The second-order valence-electron chi connectivity index (χ2n) is 3.55. The summed E-state index contributed by atoms with van der Waals surface area (Å²) in [5.74, 6) is 0. The highest BCUT2D eigenvalue weighted by atomic mass is 15.4. The second kappa shape index (κ2) is 2.51. The lowest BCUT2D eigenvalue weighted by Crippen LogP contribution is -2.39. The minimum atomic E-state index is 0.387. The van der Waals surface area contributed by atoms with Crippen LogP contribution in [0.15, 0.2) is 0 Å². The van der Waals surface area contributed by atoms with Crippen molar-refractivity contribution in [1.29, 1.82) is 0 Å². The lowest BCUT2D eigenvalue weighted by molar-refractivity contribution is 0.247. The molecule has 1 aliphatic carbocycles. The van der Waals surface area contributed by atoms with E-state index in [1.807, 2.05) is 0 Å². The third kappa shape index (κ3) is 1.06. The Labute approximate surface area is 62.4 Å². The average Bonchev–Trinajstić information content (AvgIpc) is 2.39. The van der Waals surface area contributed by atoms with Crippen LogP contribution in [0.25, 0.3) is 0 Å². The fraction of sp³-hybridized carbons (Fsp3) is 1.00. The van der Waals surface area contributed by atoms with Crippen molar-refractivity contribution in [1.82, 2.24) is 10.9 Å². The summed E-state index contributed by atoms with van der Waals surface area (Å²) in [4.78, 5) is 0. The molecule has 2 heteroatoms. The normalized spacial score (nSPS) is 31.2. The molecule has 2 rings (SSSR count). The van der Waals surface area contributed by atoms with E-state index < -0.39 is 0 Å². The predicted octanol–water partition coefficient (Wildman–Crippen LogP) is 1.20. The van der Waals surface area contributed by atoms with E-state index in [0.29, 0.717) is 5.54 Å².